The predicted molar refractivity (Wildman–Crippen MR) is 88.6 cm³/mol. The van der Waals surface area contributed by atoms with Gasteiger partial charge in [0.2, 0.25) is 11.8 Å². The van der Waals surface area contributed by atoms with E-state index >= 15 is 0 Å². The highest BCUT2D eigenvalue weighted by Crippen LogP contribution is 2.30. The van der Waals surface area contributed by atoms with Crippen LogP contribution in [-0.4, -0.2) is 20.5 Å². The molecule has 116 valence electrons. The van der Waals surface area contributed by atoms with Crippen LogP contribution in [0.5, 0.6) is 11.6 Å². The minimum atomic E-state index is 0.0275. The van der Waals surface area contributed by atoms with Gasteiger partial charge in [-0.1, -0.05) is 15.9 Å². The van der Waals surface area contributed by atoms with Crippen LogP contribution in [0, 0.1) is 5.92 Å². The molecule has 1 N–H and O–H groups in total. The van der Waals surface area contributed by atoms with Gasteiger partial charge in [-0.25, -0.2) is 9.50 Å². The Kier molecular flexibility index (Phi) is 3.49. The summed E-state index contributed by atoms with van der Waals surface area (Å²) in [6.07, 6.45) is 3.61. The second kappa shape index (κ2) is 5.66. The highest BCUT2D eigenvalue weighted by Gasteiger charge is 2.30. The van der Waals surface area contributed by atoms with Gasteiger partial charge in [0.05, 0.1) is 6.20 Å². The molecule has 0 aliphatic heterocycles. The van der Waals surface area contributed by atoms with Crippen molar-refractivity contribution in [1.29, 1.82) is 0 Å². The van der Waals surface area contributed by atoms with Crippen LogP contribution in [0.25, 0.3) is 5.65 Å². The lowest BCUT2D eigenvalue weighted by atomic mass is 10.3. The molecule has 0 atom stereocenters. The van der Waals surface area contributed by atoms with Gasteiger partial charge in [0.15, 0.2) is 11.5 Å². The zero-order valence-corrected chi connectivity index (χ0v) is 13.7. The Morgan fingerprint density at radius 2 is 2.00 bits per heavy atom. The number of hydrogen-bond acceptors (Lipinski definition) is 4. The molecule has 6 nitrogen and oxygen atoms in total. The van der Waals surface area contributed by atoms with Crippen LogP contribution in [-0.2, 0) is 4.79 Å². The average molecular weight is 373 g/mol. The lowest BCUT2D eigenvalue weighted by Crippen LogP contribution is -2.13. The van der Waals surface area contributed by atoms with E-state index in [4.69, 9.17) is 4.74 Å². The van der Waals surface area contributed by atoms with Gasteiger partial charge in [-0.05, 0) is 43.2 Å². The maximum atomic E-state index is 11.8. The average Bonchev–Trinajstić information content (AvgIpc) is 3.31. The van der Waals surface area contributed by atoms with Crippen molar-refractivity contribution < 1.29 is 9.53 Å². The molecule has 2 aromatic heterocycles. The van der Waals surface area contributed by atoms with Crippen LogP contribution in [0.3, 0.4) is 0 Å². The number of aromatic nitrogens is 3. The molecule has 23 heavy (non-hydrogen) atoms. The van der Waals surface area contributed by atoms with Gasteiger partial charge in [0.25, 0.3) is 0 Å². The van der Waals surface area contributed by atoms with Gasteiger partial charge < -0.3 is 10.1 Å². The lowest BCUT2D eigenvalue weighted by molar-refractivity contribution is -0.117. The van der Waals surface area contributed by atoms with Crippen LogP contribution < -0.4 is 10.1 Å². The van der Waals surface area contributed by atoms with E-state index in [1.807, 2.05) is 24.3 Å². The number of imidazole rings is 1. The van der Waals surface area contributed by atoms with Crippen molar-refractivity contribution in [3.63, 3.8) is 0 Å². The summed E-state index contributed by atoms with van der Waals surface area (Å²) in [5.41, 5.74) is 0.652. The fraction of sp³-hybridized carbons (Fsp3) is 0.188. The van der Waals surface area contributed by atoms with E-state index in [1.54, 1.807) is 22.8 Å². The minimum absolute atomic E-state index is 0.0275. The van der Waals surface area contributed by atoms with Gasteiger partial charge in [-0.15, -0.1) is 5.10 Å². The van der Waals surface area contributed by atoms with E-state index in [0.717, 1.165) is 17.3 Å². The molecule has 1 aliphatic rings. The Balaban J connectivity index is 1.54. The Morgan fingerprint density at radius 3 is 2.74 bits per heavy atom. The zero-order chi connectivity index (χ0) is 15.8. The monoisotopic (exact) mass is 372 g/mol. The van der Waals surface area contributed by atoms with Crippen LogP contribution in [0.4, 0.5) is 5.82 Å². The lowest BCUT2D eigenvalue weighted by Gasteiger charge is -2.04. The third-order valence-electron chi connectivity index (χ3n) is 3.53. The number of carbonyl (C=O) groups is 1. The summed E-state index contributed by atoms with van der Waals surface area (Å²) in [6.45, 7) is 0. The number of rotatable bonds is 4. The number of amides is 1. The Bertz CT molecular complexity index is 871. The molecule has 0 bridgehead atoms. The number of ether oxygens (including phenoxy) is 1. The first kappa shape index (κ1) is 14.2. The molecule has 7 heteroatoms. The molecule has 1 amide bonds. The van der Waals surface area contributed by atoms with Crippen LogP contribution in [0.1, 0.15) is 12.8 Å². The van der Waals surface area contributed by atoms with Crippen molar-refractivity contribution in [2.24, 2.45) is 5.92 Å². The first-order chi connectivity index (χ1) is 11.2. The molecule has 3 aromatic rings. The quantitative estimate of drug-likeness (QED) is 0.758. The van der Waals surface area contributed by atoms with E-state index in [0.29, 0.717) is 23.1 Å². The molecular formula is C16H13BrN4O2. The van der Waals surface area contributed by atoms with Gasteiger partial charge in [-0.2, -0.15) is 0 Å². The fourth-order valence-electron chi connectivity index (χ4n) is 2.18. The normalized spacial score (nSPS) is 14.0. The molecule has 4 rings (SSSR count). The van der Waals surface area contributed by atoms with Crippen molar-refractivity contribution in [3.05, 3.63) is 47.1 Å². The van der Waals surface area contributed by atoms with Crippen molar-refractivity contribution >= 4 is 33.3 Å². The summed E-state index contributed by atoms with van der Waals surface area (Å²) < 4.78 is 8.29. The smallest absolute Gasteiger partial charge is 0.237 e. The summed E-state index contributed by atoms with van der Waals surface area (Å²) >= 11 is 3.38. The number of nitrogens with zero attached hydrogens (tertiary/aromatic N) is 3. The first-order valence-electron chi connectivity index (χ1n) is 7.28. The molecule has 2 heterocycles. The van der Waals surface area contributed by atoms with Crippen LogP contribution in [0.15, 0.2) is 47.1 Å². The van der Waals surface area contributed by atoms with Crippen molar-refractivity contribution in [1.82, 2.24) is 14.6 Å². The van der Waals surface area contributed by atoms with Crippen LogP contribution >= 0.6 is 15.9 Å². The second-order valence-corrected chi connectivity index (χ2v) is 6.34. The van der Waals surface area contributed by atoms with Crippen molar-refractivity contribution in [2.45, 2.75) is 12.8 Å². The molecule has 0 unspecified atom stereocenters. The maximum absolute atomic E-state index is 11.8. The van der Waals surface area contributed by atoms with E-state index in [-0.39, 0.29) is 11.8 Å². The molecular weight excluding hydrogens is 360 g/mol. The molecule has 1 fully saturated rings. The zero-order valence-electron chi connectivity index (χ0n) is 12.1. The first-order valence-corrected chi connectivity index (χ1v) is 8.07. The van der Waals surface area contributed by atoms with E-state index in [9.17, 15) is 4.79 Å². The Labute approximate surface area is 140 Å². The molecule has 1 aromatic carbocycles. The second-order valence-electron chi connectivity index (χ2n) is 5.42. The Hall–Kier alpha value is -2.41. The minimum Gasteiger partial charge on any atom is -0.438 e. The highest BCUT2D eigenvalue weighted by molar-refractivity contribution is 9.10. The largest absolute Gasteiger partial charge is 0.438 e. The third-order valence-corrected chi connectivity index (χ3v) is 4.06. The number of nitrogens with one attached hydrogen (secondary N) is 1. The van der Waals surface area contributed by atoms with Gasteiger partial charge in [-0.3, -0.25) is 4.79 Å². The van der Waals surface area contributed by atoms with Gasteiger partial charge in [0, 0.05) is 16.5 Å². The number of hydrogen-bond donors (Lipinski definition) is 1. The molecule has 1 saturated carbocycles. The maximum Gasteiger partial charge on any atom is 0.237 e. The van der Waals surface area contributed by atoms with Crippen molar-refractivity contribution in [3.8, 4) is 11.6 Å². The number of carbonyl (C=O) groups excluding carboxylic acids is 1. The van der Waals surface area contributed by atoms with Gasteiger partial charge >= 0.3 is 0 Å². The highest BCUT2D eigenvalue weighted by atomic mass is 79.9. The van der Waals surface area contributed by atoms with Crippen LogP contribution in [0.2, 0.25) is 0 Å². The number of halogens is 1. The summed E-state index contributed by atoms with van der Waals surface area (Å²) in [6, 6.07) is 11.0. The summed E-state index contributed by atoms with van der Waals surface area (Å²) in [5, 5.41) is 7.16. The predicted octanol–water partition coefficient (Wildman–Crippen LogP) is 3.63. The number of fused-ring (bicyclic) bond motifs is 1. The van der Waals surface area contributed by atoms with Crippen molar-refractivity contribution in [2.75, 3.05) is 5.32 Å². The topological polar surface area (TPSA) is 68.5 Å². The molecule has 0 saturated heterocycles. The standard InChI is InChI=1S/C16H13BrN4O2/c17-11-3-5-12(6-4-11)23-15-8-7-14-18-13(9-21(14)20-15)19-16(22)10-1-2-10/h3-10H,1-2H2,(H,19,22). The summed E-state index contributed by atoms with van der Waals surface area (Å²) in [4.78, 5) is 16.1. The number of benzene rings is 1. The van der Waals surface area contributed by atoms with E-state index in [1.165, 1.54) is 0 Å². The summed E-state index contributed by atoms with van der Waals surface area (Å²) in [5.74, 6) is 1.83. The van der Waals surface area contributed by atoms with E-state index < -0.39 is 0 Å². The molecule has 0 spiro atoms. The number of anilines is 1. The third kappa shape index (κ3) is 3.19. The van der Waals surface area contributed by atoms with E-state index in [2.05, 4.69) is 31.3 Å². The van der Waals surface area contributed by atoms with Gasteiger partial charge in [0.1, 0.15) is 5.75 Å². The summed E-state index contributed by atoms with van der Waals surface area (Å²) in [7, 11) is 0. The Morgan fingerprint density at radius 1 is 1.22 bits per heavy atom. The fourth-order valence-corrected chi connectivity index (χ4v) is 2.44. The molecule has 0 radical (unpaired) electrons. The SMILES string of the molecule is O=C(Nc1cn2nc(Oc3ccc(Br)cc3)ccc2n1)C1CC1. The molecule has 1 aliphatic carbocycles.